The monoisotopic (exact) mass is 278 g/mol. The van der Waals surface area contributed by atoms with E-state index in [0.717, 1.165) is 32.4 Å². The minimum atomic E-state index is -0.0756. The van der Waals surface area contributed by atoms with Crippen molar-refractivity contribution < 1.29 is 9.59 Å². The van der Waals surface area contributed by atoms with Gasteiger partial charge in [-0.25, -0.2) is 0 Å². The van der Waals surface area contributed by atoms with Crippen LogP contribution in [0.2, 0.25) is 0 Å². The van der Waals surface area contributed by atoms with Crippen molar-refractivity contribution in [1.82, 2.24) is 9.80 Å². The van der Waals surface area contributed by atoms with E-state index in [1.807, 2.05) is 9.80 Å². The minimum Gasteiger partial charge on any atom is -0.342 e. The summed E-state index contributed by atoms with van der Waals surface area (Å²) in [5.74, 6) is 0.967. The molecule has 2 amide bonds. The average Bonchev–Trinajstić information content (AvgIpc) is 3.06. The highest BCUT2D eigenvalue weighted by Crippen LogP contribution is 2.30. The highest BCUT2D eigenvalue weighted by atomic mass is 16.2. The normalized spacial score (nSPS) is 32.1. The molecule has 3 fully saturated rings. The summed E-state index contributed by atoms with van der Waals surface area (Å²) in [5.41, 5.74) is 0. The number of piperidine rings is 1. The van der Waals surface area contributed by atoms with Crippen LogP contribution in [0.25, 0.3) is 0 Å². The molecule has 0 aromatic rings. The van der Waals surface area contributed by atoms with Crippen molar-refractivity contribution in [3.05, 3.63) is 0 Å². The maximum absolute atomic E-state index is 12.6. The summed E-state index contributed by atoms with van der Waals surface area (Å²) in [6.45, 7) is 4.65. The Balaban J connectivity index is 1.60. The smallest absolute Gasteiger partial charge is 0.228 e. The van der Waals surface area contributed by atoms with Crippen molar-refractivity contribution in [3.8, 4) is 0 Å². The lowest BCUT2D eigenvalue weighted by atomic mass is 9.98. The number of nitrogens with zero attached hydrogens (tertiary/aromatic N) is 2. The molecule has 3 rings (SSSR count). The molecule has 4 heteroatoms. The molecule has 20 heavy (non-hydrogen) atoms. The molecule has 2 heterocycles. The van der Waals surface area contributed by atoms with Crippen LogP contribution in [0.3, 0.4) is 0 Å². The molecule has 2 atom stereocenters. The van der Waals surface area contributed by atoms with E-state index in [2.05, 4.69) is 6.92 Å². The maximum Gasteiger partial charge on any atom is 0.228 e. The molecule has 0 radical (unpaired) electrons. The second kappa shape index (κ2) is 5.74. The Morgan fingerprint density at radius 2 is 1.85 bits per heavy atom. The summed E-state index contributed by atoms with van der Waals surface area (Å²) < 4.78 is 0. The lowest BCUT2D eigenvalue weighted by Crippen LogP contribution is -2.43. The van der Waals surface area contributed by atoms with E-state index in [4.69, 9.17) is 0 Å². The first-order chi connectivity index (χ1) is 9.65. The van der Waals surface area contributed by atoms with Crippen LogP contribution in [0.1, 0.15) is 51.9 Å². The second-order valence-corrected chi connectivity index (χ2v) is 6.92. The average molecular weight is 278 g/mol. The Bertz CT molecular complexity index is 390. The molecule has 0 spiro atoms. The molecule has 2 saturated heterocycles. The van der Waals surface area contributed by atoms with E-state index in [1.54, 1.807) is 0 Å². The van der Waals surface area contributed by atoms with Crippen LogP contribution in [0.15, 0.2) is 0 Å². The van der Waals surface area contributed by atoms with Gasteiger partial charge in [-0.15, -0.1) is 0 Å². The minimum absolute atomic E-state index is 0.0756. The highest BCUT2D eigenvalue weighted by Gasteiger charge is 2.40. The van der Waals surface area contributed by atoms with Crippen molar-refractivity contribution in [2.24, 2.45) is 11.8 Å². The van der Waals surface area contributed by atoms with E-state index >= 15 is 0 Å². The number of carbonyl (C=O) groups excluding carboxylic acids is 2. The zero-order valence-corrected chi connectivity index (χ0v) is 12.5. The molecule has 0 aromatic heterocycles. The molecular weight excluding hydrogens is 252 g/mol. The summed E-state index contributed by atoms with van der Waals surface area (Å²) in [6, 6.07) is 0.417. The van der Waals surface area contributed by atoms with Crippen LogP contribution in [0, 0.1) is 11.8 Å². The zero-order valence-electron chi connectivity index (χ0n) is 12.5. The zero-order chi connectivity index (χ0) is 14.1. The fourth-order valence-electron chi connectivity index (χ4n) is 4.11. The van der Waals surface area contributed by atoms with E-state index in [-0.39, 0.29) is 17.7 Å². The first-order valence-corrected chi connectivity index (χ1v) is 8.23. The van der Waals surface area contributed by atoms with Gasteiger partial charge in [-0.05, 0) is 31.6 Å². The van der Waals surface area contributed by atoms with Crippen molar-refractivity contribution in [3.63, 3.8) is 0 Å². The van der Waals surface area contributed by atoms with E-state index in [1.165, 1.54) is 19.3 Å². The summed E-state index contributed by atoms with van der Waals surface area (Å²) in [4.78, 5) is 28.8. The van der Waals surface area contributed by atoms with Crippen LogP contribution in [0.5, 0.6) is 0 Å². The van der Waals surface area contributed by atoms with Gasteiger partial charge in [0.25, 0.3) is 0 Å². The third-order valence-electron chi connectivity index (χ3n) is 5.24. The number of amides is 2. The van der Waals surface area contributed by atoms with Gasteiger partial charge in [0, 0.05) is 32.1 Å². The van der Waals surface area contributed by atoms with Crippen LogP contribution >= 0.6 is 0 Å². The Labute approximate surface area is 121 Å². The van der Waals surface area contributed by atoms with E-state index in [0.29, 0.717) is 24.9 Å². The van der Waals surface area contributed by atoms with Crippen LogP contribution in [-0.2, 0) is 9.59 Å². The SMILES string of the molecule is C[C@H]1CCCN(C(=O)[C@@H]2CC(=O)N(C3CCCC3)C2)C1. The Hall–Kier alpha value is -1.06. The summed E-state index contributed by atoms with van der Waals surface area (Å²) in [6.07, 6.45) is 7.51. The van der Waals surface area contributed by atoms with Gasteiger partial charge in [0.15, 0.2) is 0 Å². The highest BCUT2D eigenvalue weighted by molar-refractivity contribution is 5.89. The third kappa shape index (κ3) is 2.70. The number of rotatable bonds is 2. The van der Waals surface area contributed by atoms with Crippen molar-refractivity contribution in [1.29, 1.82) is 0 Å². The van der Waals surface area contributed by atoms with Crippen LogP contribution in [0.4, 0.5) is 0 Å². The Morgan fingerprint density at radius 3 is 2.55 bits per heavy atom. The molecule has 0 aromatic carbocycles. The number of hydrogen-bond acceptors (Lipinski definition) is 2. The van der Waals surface area contributed by atoms with Gasteiger partial charge in [-0.2, -0.15) is 0 Å². The van der Waals surface area contributed by atoms with Gasteiger partial charge >= 0.3 is 0 Å². The number of carbonyl (C=O) groups is 2. The van der Waals surface area contributed by atoms with Gasteiger partial charge < -0.3 is 9.80 Å². The number of hydrogen-bond donors (Lipinski definition) is 0. The van der Waals surface area contributed by atoms with Gasteiger partial charge in [0.05, 0.1) is 5.92 Å². The summed E-state index contributed by atoms with van der Waals surface area (Å²) >= 11 is 0. The molecule has 2 aliphatic heterocycles. The number of likely N-dealkylation sites (tertiary alicyclic amines) is 2. The van der Waals surface area contributed by atoms with Crippen molar-refractivity contribution in [2.45, 2.75) is 57.9 Å². The molecule has 1 saturated carbocycles. The second-order valence-electron chi connectivity index (χ2n) is 6.92. The topological polar surface area (TPSA) is 40.6 Å². The predicted molar refractivity (Wildman–Crippen MR) is 77.1 cm³/mol. The van der Waals surface area contributed by atoms with E-state index in [9.17, 15) is 9.59 Å². The Morgan fingerprint density at radius 1 is 1.10 bits per heavy atom. The Kier molecular flexibility index (Phi) is 3.99. The van der Waals surface area contributed by atoms with Crippen molar-refractivity contribution in [2.75, 3.05) is 19.6 Å². The lowest BCUT2D eigenvalue weighted by Gasteiger charge is -2.33. The maximum atomic E-state index is 12.6. The van der Waals surface area contributed by atoms with Gasteiger partial charge in [-0.1, -0.05) is 19.8 Å². The van der Waals surface area contributed by atoms with Crippen molar-refractivity contribution >= 4 is 11.8 Å². The summed E-state index contributed by atoms with van der Waals surface area (Å²) in [7, 11) is 0. The van der Waals surface area contributed by atoms with Gasteiger partial charge in [-0.3, -0.25) is 9.59 Å². The van der Waals surface area contributed by atoms with E-state index < -0.39 is 0 Å². The molecule has 4 nitrogen and oxygen atoms in total. The predicted octanol–water partition coefficient (Wildman–Crippen LogP) is 2.04. The largest absolute Gasteiger partial charge is 0.342 e. The summed E-state index contributed by atoms with van der Waals surface area (Å²) in [5, 5.41) is 0. The van der Waals surface area contributed by atoms with Crippen LogP contribution < -0.4 is 0 Å². The molecule has 0 N–H and O–H groups in total. The molecule has 1 aliphatic carbocycles. The third-order valence-corrected chi connectivity index (χ3v) is 5.24. The fraction of sp³-hybridized carbons (Fsp3) is 0.875. The molecule has 0 bridgehead atoms. The molecular formula is C16H26N2O2. The fourth-order valence-corrected chi connectivity index (χ4v) is 4.11. The first kappa shape index (κ1) is 13.9. The first-order valence-electron chi connectivity index (χ1n) is 8.23. The molecule has 3 aliphatic rings. The van der Waals surface area contributed by atoms with Gasteiger partial charge in [0.1, 0.15) is 0 Å². The molecule has 0 unspecified atom stereocenters. The quantitative estimate of drug-likeness (QED) is 0.775. The standard InChI is InChI=1S/C16H26N2O2/c1-12-5-4-8-17(10-12)16(20)13-9-15(19)18(11-13)14-6-2-3-7-14/h12-14H,2-11H2,1H3/t12-,13+/m0/s1. The lowest BCUT2D eigenvalue weighted by molar-refractivity contribution is -0.137. The van der Waals surface area contributed by atoms with Gasteiger partial charge in [0.2, 0.25) is 11.8 Å². The molecule has 112 valence electrons. The van der Waals surface area contributed by atoms with Crippen LogP contribution in [-0.4, -0.2) is 47.3 Å².